The van der Waals surface area contributed by atoms with E-state index in [2.05, 4.69) is 10.2 Å². The number of aliphatic carboxylic acids is 1. The van der Waals surface area contributed by atoms with Crippen molar-refractivity contribution in [3.8, 4) is 0 Å². The fourth-order valence-electron chi connectivity index (χ4n) is 2.20. The Labute approximate surface area is 123 Å². The average molecular weight is 297 g/mol. The van der Waals surface area contributed by atoms with Crippen LogP contribution in [0.2, 0.25) is 0 Å². The van der Waals surface area contributed by atoms with Crippen molar-refractivity contribution < 1.29 is 14.7 Å². The van der Waals surface area contributed by atoms with E-state index in [0.29, 0.717) is 25.1 Å². The van der Waals surface area contributed by atoms with E-state index in [1.54, 1.807) is 6.08 Å². The van der Waals surface area contributed by atoms with Crippen LogP contribution in [-0.2, 0) is 16.1 Å². The predicted octanol–water partition coefficient (Wildman–Crippen LogP) is 1.89. The summed E-state index contributed by atoms with van der Waals surface area (Å²) in [5.41, 5.74) is 2.19. The van der Waals surface area contributed by atoms with Crippen LogP contribution in [-0.4, -0.2) is 35.5 Å². The third kappa shape index (κ3) is 4.08. The monoisotopic (exact) mass is 296 g/mol. The highest BCUT2D eigenvalue weighted by Crippen LogP contribution is 2.19. The summed E-state index contributed by atoms with van der Waals surface area (Å²) in [5.74, 6) is -0.857. The van der Waals surface area contributed by atoms with E-state index in [9.17, 15) is 9.59 Å². The van der Waals surface area contributed by atoms with Gasteiger partial charge in [0.25, 0.3) is 0 Å². The minimum absolute atomic E-state index is 0. The first-order valence-electron chi connectivity index (χ1n) is 6.13. The Kier molecular flexibility index (Phi) is 6.21. The lowest BCUT2D eigenvalue weighted by atomic mass is 10.1. The van der Waals surface area contributed by atoms with Crippen LogP contribution in [0.3, 0.4) is 0 Å². The van der Waals surface area contributed by atoms with E-state index in [0.717, 1.165) is 24.2 Å². The van der Waals surface area contributed by atoms with Gasteiger partial charge >= 0.3 is 5.97 Å². The van der Waals surface area contributed by atoms with Crippen molar-refractivity contribution in [1.29, 1.82) is 0 Å². The first-order chi connectivity index (χ1) is 9.20. The molecule has 0 atom stereocenters. The first-order valence-corrected chi connectivity index (χ1v) is 6.13. The molecule has 0 fully saturated rings. The van der Waals surface area contributed by atoms with Crippen LogP contribution >= 0.6 is 12.4 Å². The molecule has 0 unspecified atom stereocenters. The number of carbonyl (C=O) groups is 2. The van der Waals surface area contributed by atoms with Gasteiger partial charge in [0, 0.05) is 30.9 Å². The van der Waals surface area contributed by atoms with Crippen LogP contribution in [0.25, 0.3) is 0 Å². The molecule has 0 bridgehead atoms. The first kappa shape index (κ1) is 16.2. The van der Waals surface area contributed by atoms with Crippen molar-refractivity contribution in [2.75, 3.05) is 18.4 Å². The summed E-state index contributed by atoms with van der Waals surface area (Å²) in [4.78, 5) is 23.6. The summed E-state index contributed by atoms with van der Waals surface area (Å²) in [6.45, 7) is 1.89. The Bertz CT molecular complexity index is 517. The topological polar surface area (TPSA) is 69.6 Å². The fraction of sp³-hybridized carbons (Fsp3) is 0.286. The smallest absolute Gasteiger partial charge is 0.332 e. The second kappa shape index (κ2) is 7.67. The molecular weight excluding hydrogens is 280 g/mol. The van der Waals surface area contributed by atoms with Crippen LogP contribution in [0.4, 0.5) is 5.69 Å². The van der Waals surface area contributed by atoms with Gasteiger partial charge in [-0.15, -0.1) is 12.4 Å². The molecule has 0 radical (unpaired) electrons. The van der Waals surface area contributed by atoms with E-state index >= 15 is 0 Å². The maximum Gasteiger partial charge on any atom is 0.332 e. The summed E-state index contributed by atoms with van der Waals surface area (Å²) in [6, 6.07) is 7.53. The van der Waals surface area contributed by atoms with Crippen molar-refractivity contribution in [2.24, 2.45) is 0 Å². The average Bonchev–Trinajstić information content (AvgIpc) is 2.41. The van der Waals surface area contributed by atoms with Gasteiger partial charge in [-0.25, -0.2) is 4.79 Å². The summed E-state index contributed by atoms with van der Waals surface area (Å²) < 4.78 is 0. The maximum atomic E-state index is 11.0. The molecule has 0 aliphatic carbocycles. The number of halogens is 1. The lowest BCUT2D eigenvalue weighted by Crippen LogP contribution is -2.32. The van der Waals surface area contributed by atoms with Gasteiger partial charge in [0.1, 0.15) is 0 Å². The number of para-hydroxylation sites is 1. The van der Waals surface area contributed by atoms with E-state index in [4.69, 9.17) is 5.11 Å². The molecule has 1 heterocycles. The van der Waals surface area contributed by atoms with Gasteiger partial charge in [-0.3, -0.25) is 9.69 Å². The number of hydrogen-bond donors (Lipinski definition) is 2. The van der Waals surface area contributed by atoms with Gasteiger partial charge in [-0.05, 0) is 18.1 Å². The van der Waals surface area contributed by atoms with E-state index in [1.165, 1.54) is 0 Å². The molecule has 0 saturated heterocycles. The second-order valence-electron chi connectivity index (χ2n) is 4.45. The van der Waals surface area contributed by atoms with Crippen molar-refractivity contribution in [3.05, 3.63) is 41.5 Å². The summed E-state index contributed by atoms with van der Waals surface area (Å²) in [7, 11) is 0. The van der Waals surface area contributed by atoms with Gasteiger partial charge in [-0.2, -0.15) is 0 Å². The zero-order valence-electron chi connectivity index (χ0n) is 10.9. The largest absolute Gasteiger partial charge is 0.478 e. The number of nitrogens with zero attached hydrogens (tertiary/aromatic N) is 1. The van der Waals surface area contributed by atoms with Crippen LogP contribution < -0.4 is 5.32 Å². The molecule has 0 aromatic heterocycles. The van der Waals surface area contributed by atoms with Crippen LogP contribution in [0.15, 0.2) is 35.9 Å². The number of nitrogens with one attached hydrogen (secondary N) is 1. The van der Waals surface area contributed by atoms with Gasteiger partial charge in [0.2, 0.25) is 6.41 Å². The Morgan fingerprint density at radius 1 is 1.40 bits per heavy atom. The minimum atomic E-state index is -0.857. The van der Waals surface area contributed by atoms with Gasteiger partial charge in [0.05, 0.1) is 0 Å². The Hall–Kier alpha value is -1.85. The number of carboxylic acids is 1. The lowest BCUT2D eigenvalue weighted by Gasteiger charge is -2.26. The second-order valence-corrected chi connectivity index (χ2v) is 4.45. The maximum absolute atomic E-state index is 11.0. The van der Waals surface area contributed by atoms with Gasteiger partial charge in [-0.1, -0.05) is 24.3 Å². The molecule has 2 N–H and O–H groups in total. The lowest BCUT2D eigenvalue weighted by molar-refractivity contribution is -0.133. The quantitative estimate of drug-likeness (QED) is 0.814. The van der Waals surface area contributed by atoms with Crippen LogP contribution in [0.5, 0.6) is 0 Å². The molecule has 0 spiro atoms. The molecule has 0 saturated carbocycles. The molecule has 1 amide bonds. The molecule has 108 valence electrons. The zero-order chi connectivity index (χ0) is 13.7. The van der Waals surface area contributed by atoms with E-state index in [1.807, 2.05) is 24.3 Å². The number of hydrogen-bond acceptors (Lipinski definition) is 3. The van der Waals surface area contributed by atoms with Crippen LogP contribution in [0.1, 0.15) is 12.0 Å². The minimum Gasteiger partial charge on any atom is -0.478 e. The summed E-state index contributed by atoms with van der Waals surface area (Å²) >= 11 is 0. The standard InChI is InChI=1S/C14H16N2O3.ClH/c17-10-15-13-6-2-1-4-11(13)8-16-7-3-5-12(9-16)14(18)19;/h1-2,4-6,10H,3,7-9H2,(H,15,17)(H,18,19);1H. The Morgan fingerprint density at radius 3 is 2.85 bits per heavy atom. The number of carbonyl (C=O) groups excluding carboxylic acids is 1. The highest BCUT2D eigenvalue weighted by atomic mass is 35.5. The molecule has 5 nitrogen and oxygen atoms in total. The molecule has 20 heavy (non-hydrogen) atoms. The van der Waals surface area contributed by atoms with Crippen molar-refractivity contribution in [1.82, 2.24) is 4.90 Å². The number of benzene rings is 1. The normalized spacial score (nSPS) is 14.9. The molecule has 1 aliphatic heterocycles. The fourth-order valence-corrected chi connectivity index (χ4v) is 2.20. The number of amides is 1. The number of rotatable bonds is 5. The predicted molar refractivity (Wildman–Crippen MR) is 79.0 cm³/mol. The Morgan fingerprint density at radius 2 is 2.15 bits per heavy atom. The molecule has 1 aromatic carbocycles. The van der Waals surface area contributed by atoms with Crippen molar-refractivity contribution >= 4 is 30.5 Å². The van der Waals surface area contributed by atoms with Crippen molar-refractivity contribution in [2.45, 2.75) is 13.0 Å². The summed E-state index contributed by atoms with van der Waals surface area (Å²) in [5, 5.41) is 11.7. The van der Waals surface area contributed by atoms with Gasteiger partial charge in [0.15, 0.2) is 0 Å². The Balaban J connectivity index is 0.00000200. The van der Waals surface area contributed by atoms with E-state index < -0.39 is 5.97 Å². The van der Waals surface area contributed by atoms with E-state index in [-0.39, 0.29) is 12.4 Å². The molecule has 1 aromatic rings. The third-order valence-electron chi connectivity index (χ3n) is 3.13. The highest BCUT2D eigenvalue weighted by Gasteiger charge is 2.18. The number of carboxylic acid groups (broad SMARTS) is 1. The van der Waals surface area contributed by atoms with Crippen LogP contribution in [0, 0.1) is 0 Å². The van der Waals surface area contributed by atoms with Gasteiger partial charge < -0.3 is 10.4 Å². The summed E-state index contributed by atoms with van der Waals surface area (Å²) in [6.07, 6.45) is 3.16. The molecular formula is C14H17ClN2O3. The zero-order valence-corrected chi connectivity index (χ0v) is 11.7. The highest BCUT2D eigenvalue weighted by molar-refractivity contribution is 5.87. The SMILES string of the molecule is Cl.O=CNc1ccccc1CN1CCC=C(C(=O)O)C1. The molecule has 6 heteroatoms. The molecule has 2 rings (SSSR count). The van der Waals surface area contributed by atoms with Crippen molar-refractivity contribution in [3.63, 3.8) is 0 Å². The number of anilines is 1. The third-order valence-corrected chi connectivity index (χ3v) is 3.13. The molecule has 1 aliphatic rings.